The second-order valence-corrected chi connectivity index (χ2v) is 5.88. The molecule has 0 saturated heterocycles. The Morgan fingerprint density at radius 2 is 1.95 bits per heavy atom. The van der Waals surface area contributed by atoms with Crippen molar-refractivity contribution < 1.29 is 13.9 Å². The lowest BCUT2D eigenvalue weighted by Crippen LogP contribution is -2.40. The largest absolute Gasteiger partial charge is 0.392 e. The fraction of sp³-hybridized carbons (Fsp3) is 0.625. The Morgan fingerprint density at radius 3 is 2.45 bits per heavy atom. The average molecular weight is 283 g/mol. The van der Waals surface area contributed by atoms with E-state index in [9.17, 15) is 13.9 Å². The minimum Gasteiger partial charge on any atom is -0.392 e. The zero-order valence-corrected chi connectivity index (χ0v) is 11.9. The van der Waals surface area contributed by atoms with E-state index >= 15 is 0 Å². The van der Waals surface area contributed by atoms with E-state index in [1.807, 2.05) is 0 Å². The van der Waals surface area contributed by atoms with Gasteiger partial charge in [0.05, 0.1) is 6.10 Å². The molecule has 2 unspecified atom stereocenters. The number of rotatable bonds is 5. The molecule has 1 aromatic carbocycles. The first-order valence-corrected chi connectivity index (χ1v) is 7.37. The Balaban J connectivity index is 2.31. The quantitative estimate of drug-likeness (QED) is 0.870. The molecule has 1 aromatic rings. The molecule has 0 aliphatic heterocycles. The number of hydrogen-bond donors (Lipinski definition) is 2. The van der Waals surface area contributed by atoms with Crippen LogP contribution in [0.1, 0.15) is 50.5 Å². The summed E-state index contributed by atoms with van der Waals surface area (Å²) < 4.78 is 27.0. The average Bonchev–Trinajstić information content (AvgIpc) is 2.91. The third-order valence-corrected chi connectivity index (χ3v) is 4.93. The van der Waals surface area contributed by atoms with Crippen LogP contribution in [0.15, 0.2) is 18.2 Å². The van der Waals surface area contributed by atoms with Gasteiger partial charge in [-0.25, -0.2) is 8.78 Å². The van der Waals surface area contributed by atoms with E-state index in [1.165, 1.54) is 12.1 Å². The molecule has 3 N–H and O–H groups in total. The molecule has 0 heterocycles. The molecule has 0 amide bonds. The summed E-state index contributed by atoms with van der Waals surface area (Å²) >= 11 is 0. The Bertz CT molecular complexity index is 458. The molecular formula is C16H23F2NO. The highest BCUT2D eigenvalue weighted by Crippen LogP contribution is 2.47. The summed E-state index contributed by atoms with van der Waals surface area (Å²) in [6.07, 6.45) is 4.25. The second kappa shape index (κ2) is 6.19. The number of aliphatic hydroxyl groups is 1. The van der Waals surface area contributed by atoms with Gasteiger partial charge in [0.25, 0.3) is 0 Å². The summed E-state index contributed by atoms with van der Waals surface area (Å²) in [6, 6.07) is 3.49. The maximum Gasteiger partial charge on any atom is 0.129 e. The molecule has 2 atom stereocenters. The normalized spacial score (nSPS) is 20.9. The second-order valence-electron chi connectivity index (χ2n) is 5.88. The van der Waals surface area contributed by atoms with Gasteiger partial charge in [0.1, 0.15) is 11.6 Å². The van der Waals surface area contributed by atoms with E-state index < -0.39 is 23.7 Å². The first-order valence-electron chi connectivity index (χ1n) is 7.37. The maximum absolute atomic E-state index is 14.0. The van der Waals surface area contributed by atoms with Crippen LogP contribution in [-0.2, 0) is 0 Å². The van der Waals surface area contributed by atoms with E-state index in [4.69, 9.17) is 5.73 Å². The molecule has 0 spiro atoms. The summed E-state index contributed by atoms with van der Waals surface area (Å²) in [5, 5.41) is 10.8. The molecule has 2 nitrogen and oxygen atoms in total. The van der Waals surface area contributed by atoms with Crippen molar-refractivity contribution in [2.24, 2.45) is 11.1 Å². The number of benzene rings is 1. The van der Waals surface area contributed by atoms with Crippen molar-refractivity contribution in [3.05, 3.63) is 35.4 Å². The van der Waals surface area contributed by atoms with Crippen molar-refractivity contribution in [2.45, 2.75) is 51.0 Å². The van der Waals surface area contributed by atoms with E-state index in [2.05, 4.69) is 6.92 Å². The Hall–Kier alpha value is -1.00. The van der Waals surface area contributed by atoms with E-state index in [0.29, 0.717) is 5.56 Å². The maximum atomic E-state index is 14.0. The standard InChI is InChI=1S/C16H23F2NO/c1-2-16(7-3-4-8-16)15(20)13(10-19)12-6-5-11(17)9-14(12)18/h5-6,9,13,15,20H,2-4,7-8,10,19H2,1H3. The van der Waals surface area contributed by atoms with E-state index in [0.717, 1.165) is 38.2 Å². The monoisotopic (exact) mass is 283 g/mol. The smallest absolute Gasteiger partial charge is 0.129 e. The van der Waals surface area contributed by atoms with Gasteiger partial charge in [-0.05, 0) is 36.3 Å². The van der Waals surface area contributed by atoms with Crippen LogP contribution in [0, 0.1) is 17.0 Å². The SMILES string of the molecule is CCC1(C(O)C(CN)c2ccc(F)cc2F)CCCC1. The molecule has 2 rings (SSSR count). The van der Waals surface area contributed by atoms with Crippen molar-refractivity contribution in [3.8, 4) is 0 Å². The number of nitrogens with two attached hydrogens (primary N) is 1. The van der Waals surface area contributed by atoms with Gasteiger partial charge < -0.3 is 10.8 Å². The summed E-state index contributed by atoms with van der Waals surface area (Å²) in [6.45, 7) is 2.22. The fourth-order valence-electron chi connectivity index (χ4n) is 3.59. The third kappa shape index (κ3) is 2.72. The first-order chi connectivity index (χ1) is 9.54. The van der Waals surface area contributed by atoms with Gasteiger partial charge >= 0.3 is 0 Å². The van der Waals surface area contributed by atoms with Gasteiger partial charge in [-0.2, -0.15) is 0 Å². The van der Waals surface area contributed by atoms with Crippen molar-refractivity contribution in [1.82, 2.24) is 0 Å². The zero-order chi connectivity index (χ0) is 14.8. The lowest BCUT2D eigenvalue weighted by atomic mass is 9.71. The van der Waals surface area contributed by atoms with Crippen LogP contribution in [-0.4, -0.2) is 17.8 Å². The van der Waals surface area contributed by atoms with Gasteiger partial charge in [0, 0.05) is 18.5 Å². The molecular weight excluding hydrogens is 260 g/mol. The predicted octanol–water partition coefficient (Wildman–Crippen LogP) is 3.34. The van der Waals surface area contributed by atoms with Crippen LogP contribution in [0.5, 0.6) is 0 Å². The van der Waals surface area contributed by atoms with Crippen LogP contribution >= 0.6 is 0 Å². The Labute approximate surface area is 119 Å². The molecule has 20 heavy (non-hydrogen) atoms. The third-order valence-electron chi connectivity index (χ3n) is 4.93. The van der Waals surface area contributed by atoms with Gasteiger partial charge in [-0.3, -0.25) is 0 Å². The summed E-state index contributed by atoms with van der Waals surface area (Å²) in [4.78, 5) is 0. The van der Waals surface area contributed by atoms with Gasteiger partial charge in [-0.15, -0.1) is 0 Å². The van der Waals surface area contributed by atoms with Gasteiger partial charge in [-0.1, -0.05) is 25.8 Å². The highest BCUT2D eigenvalue weighted by molar-refractivity contribution is 5.25. The number of hydrogen-bond acceptors (Lipinski definition) is 2. The highest BCUT2D eigenvalue weighted by Gasteiger charge is 2.43. The summed E-state index contributed by atoms with van der Waals surface area (Å²) in [7, 11) is 0. The van der Waals surface area contributed by atoms with Crippen LogP contribution < -0.4 is 5.73 Å². The molecule has 1 aliphatic carbocycles. The molecule has 1 aliphatic rings. The minimum atomic E-state index is -0.681. The predicted molar refractivity (Wildman–Crippen MR) is 75.4 cm³/mol. The molecule has 0 bridgehead atoms. The molecule has 4 heteroatoms. The Kier molecular flexibility index (Phi) is 4.76. The molecule has 1 fully saturated rings. The molecule has 112 valence electrons. The summed E-state index contributed by atoms with van der Waals surface area (Å²) in [5.74, 6) is -1.71. The van der Waals surface area contributed by atoms with Crippen molar-refractivity contribution in [3.63, 3.8) is 0 Å². The fourth-order valence-corrected chi connectivity index (χ4v) is 3.59. The molecule has 1 saturated carbocycles. The van der Waals surface area contributed by atoms with Crippen LogP contribution in [0.4, 0.5) is 8.78 Å². The van der Waals surface area contributed by atoms with Crippen molar-refractivity contribution in [1.29, 1.82) is 0 Å². The van der Waals surface area contributed by atoms with Crippen molar-refractivity contribution in [2.75, 3.05) is 6.54 Å². The lowest BCUT2D eigenvalue weighted by Gasteiger charge is -2.38. The van der Waals surface area contributed by atoms with Crippen molar-refractivity contribution >= 4 is 0 Å². The first kappa shape index (κ1) is 15.4. The molecule has 0 radical (unpaired) electrons. The van der Waals surface area contributed by atoms with Gasteiger partial charge in [0.2, 0.25) is 0 Å². The number of halogens is 2. The topological polar surface area (TPSA) is 46.2 Å². The Morgan fingerprint density at radius 1 is 1.30 bits per heavy atom. The van der Waals surface area contributed by atoms with Crippen LogP contribution in [0.2, 0.25) is 0 Å². The van der Waals surface area contributed by atoms with E-state index in [1.54, 1.807) is 0 Å². The minimum absolute atomic E-state index is 0.158. The lowest BCUT2D eigenvalue weighted by molar-refractivity contribution is 0.00522. The number of aliphatic hydroxyl groups excluding tert-OH is 1. The zero-order valence-electron chi connectivity index (χ0n) is 11.9. The summed E-state index contributed by atoms with van der Waals surface area (Å²) in [5.41, 5.74) is 5.92. The molecule has 0 aromatic heterocycles. The van der Waals surface area contributed by atoms with E-state index in [-0.39, 0.29) is 12.0 Å². The van der Waals surface area contributed by atoms with Crippen LogP contribution in [0.25, 0.3) is 0 Å². The highest BCUT2D eigenvalue weighted by atomic mass is 19.1. The van der Waals surface area contributed by atoms with Gasteiger partial charge in [0.15, 0.2) is 0 Å². The van der Waals surface area contributed by atoms with Crippen LogP contribution in [0.3, 0.4) is 0 Å².